The lowest BCUT2D eigenvalue weighted by Gasteiger charge is -2.51. The summed E-state index contributed by atoms with van der Waals surface area (Å²) >= 11 is 6.02. The summed E-state index contributed by atoms with van der Waals surface area (Å²) in [4.78, 5) is 30.0. The molecule has 1 aromatic carbocycles. The zero-order valence-electron chi connectivity index (χ0n) is 19.7. The fraction of sp³-hybridized carbons (Fsp3) is 0.667. The van der Waals surface area contributed by atoms with Crippen LogP contribution in [0.3, 0.4) is 0 Å². The fourth-order valence-electron chi connectivity index (χ4n) is 4.77. The summed E-state index contributed by atoms with van der Waals surface area (Å²) in [7, 11) is 0. The van der Waals surface area contributed by atoms with Gasteiger partial charge in [0, 0.05) is 49.7 Å². The minimum Gasteiger partial charge on any atom is -0.384 e. The van der Waals surface area contributed by atoms with E-state index in [0.29, 0.717) is 31.1 Å². The number of carbonyl (C=O) groups excluding carboxylic acids is 2. The van der Waals surface area contributed by atoms with Gasteiger partial charge in [-0.3, -0.25) is 14.5 Å². The molecular formula is C24H37ClN4O3. The van der Waals surface area contributed by atoms with E-state index in [1.54, 1.807) is 17.0 Å². The van der Waals surface area contributed by atoms with Crippen LogP contribution in [0.4, 0.5) is 0 Å². The van der Waals surface area contributed by atoms with Gasteiger partial charge in [0.25, 0.3) is 0 Å². The number of rotatable bonds is 6. The van der Waals surface area contributed by atoms with E-state index >= 15 is 0 Å². The summed E-state index contributed by atoms with van der Waals surface area (Å²) in [6, 6.07) is 6.70. The highest BCUT2D eigenvalue weighted by molar-refractivity contribution is 6.30. The molecule has 2 unspecified atom stereocenters. The molecule has 178 valence electrons. The van der Waals surface area contributed by atoms with Crippen LogP contribution in [0, 0.1) is 11.3 Å². The van der Waals surface area contributed by atoms with Crippen molar-refractivity contribution in [1.82, 2.24) is 20.4 Å². The normalized spacial score (nSPS) is 24.9. The molecule has 2 saturated heterocycles. The van der Waals surface area contributed by atoms with Crippen LogP contribution in [-0.4, -0.2) is 78.6 Å². The Bertz CT molecular complexity index is 808. The molecule has 0 bridgehead atoms. The van der Waals surface area contributed by atoms with Gasteiger partial charge < -0.3 is 20.6 Å². The molecule has 2 fully saturated rings. The minimum absolute atomic E-state index is 0.0327. The fourth-order valence-corrected chi connectivity index (χ4v) is 4.90. The molecule has 0 spiro atoms. The Morgan fingerprint density at radius 1 is 1.16 bits per heavy atom. The Labute approximate surface area is 196 Å². The summed E-state index contributed by atoms with van der Waals surface area (Å²) in [6.45, 7) is 12.4. The van der Waals surface area contributed by atoms with E-state index in [1.165, 1.54) is 0 Å². The van der Waals surface area contributed by atoms with Crippen molar-refractivity contribution in [2.75, 3.05) is 45.8 Å². The van der Waals surface area contributed by atoms with E-state index in [9.17, 15) is 14.7 Å². The van der Waals surface area contributed by atoms with Gasteiger partial charge in [0.05, 0.1) is 12.1 Å². The maximum Gasteiger partial charge on any atom is 0.245 e. The number of carbonyl (C=O) groups is 2. The topological polar surface area (TPSA) is 84.9 Å². The van der Waals surface area contributed by atoms with Crippen molar-refractivity contribution in [3.05, 3.63) is 34.9 Å². The van der Waals surface area contributed by atoms with Gasteiger partial charge in [0.2, 0.25) is 11.8 Å². The zero-order chi connectivity index (χ0) is 23.5. The number of piperazine rings is 1. The average molecular weight is 465 g/mol. The number of nitrogens with one attached hydrogen (secondary N) is 2. The number of benzene rings is 1. The van der Waals surface area contributed by atoms with Crippen molar-refractivity contribution in [3.63, 3.8) is 0 Å². The van der Waals surface area contributed by atoms with E-state index in [2.05, 4.69) is 15.5 Å². The Morgan fingerprint density at radius 3 is 2.34 bits per heavy atom. The predicted octanol–water partition coefficient (Wildman–Crippen LogP) is 1.83. The molecule has 2 heterocycles. The highest BCUT2D eigenvalue weighted by Crippen LogP contribution is 2.46. The molecule has 3 N–H and O–H groups in total. The number of halogens is 1. The molecule has 0 radical (unpaired) electrons. The molecule has 2 amide bonds. The summed E-state index contributed by atoms with van der Waals surface area (Å²) in [6.07, 6.45) is 0.424. The lowest BCUT2D eigenvalue weighted by Crippen LogP contribution is -2.61. The number of nitrogens with zero attached hydrogens (tertiary/aromatic N) is 2. The third kappa shape index (κ3) is 5.45. The number of aliphatic hydroxyl groups is 1. The highest BCUT2D eigenvalue weighted by atomic mass is 35.5. The van der Waals surface area contributed by atoms with E-state index in [-0.39, 0.29) is 17.7 Å². The lowest BCUT2D eigenvalue weighted by molar-refractivity contribution is -0.156. The number of hydrogen-bond acceptors (Lipinski definition) is 5. The van der Waals surface area contributed by atoms with Gasteiger partial charge in [-0.25, -0.2) is 0 Å². The summed E-state index contributed by atoms with van der Waals surface area (Å²) in [5.41, 5.74) is -0.822. The first-order valence-electron chi connectivity index (χ1n) is 11.5. The monoisotopic (exact) mass is 464 g/mol. The van der Waals surface area contributed by atoms with Crippen molar-refractivity contribution in [3.8, 4) is 0 Å². The quantitative estimate of drug-likeness (QED) is 0.598. The maximum absolute atomic E-state index is 13.4. The Kier molecular flexibility index (Phi) is 7.86. The van der Waals surface area contributed by atoms with Crippen molar-refractivity contribution in [2.45, 2.75) is 45.8 Å². The molecule has 0 saturated carbocycles. The van der Waals surface area contributed by atoms with Crippen LogP contribution in [-0.2, 0) is 15.2 Å². The third-order valence-electron chi connectivity index (χ3n) is 6.91. The van der Waals surface area contributed by atoms with Gasteiger partial charge in [-0.1, -0.05) is 51.4 Å². The highest BCUT2D eigenvalue weighted by Gasteiger charge is 2.50. The van der Waals surface area contributed by atoms with Crippen LogP contribution >= 0.6 is 11.6 Å². The average Bonchev–Trinajstić information content (AvgIpc) is 2.74. The number of hydrogen-bond donors (Lipinski definition) is 3. The SMILES string of the molecule is CC(C)C(NC(=O)CN1CCNCC1)C(=O)N1CCC(O)(c2ccc(Cl)cc2)C(C)(C)C1. The van der Waals surface area contributed by atoms with Crippen LogP contribution < -0.4 is 10.6 Å². The second kappa shape index (κ2) is 10.1. The smallest absolute Gasteiger partial charge is 0.245 e. The molecule has 2 aliphatic heterocycles. The second-order valence-electron chi connectivity index (χ2n) is 10.1. The standard InChI is InChI=1S/C24H37ClN4O3/c1-17(2)21(27-20(30)15-28-13-10-26-11-14-28)22(31)29-12-9-24(32,23(3,4)16-29)18-5-7-19(25)8-6-18/h5-8,17,21,26,32H,9-16H2,1-4H3,(H,27,30). The molecule has 2 atom stereocenters. The first-order valence-corrected chi connectivity index (χ1v) is 11.9. The molecule has 2 aliphatic rings. The lowest BCUT2D eigenvalue weighted by atomic mass is 9.66. The first kappa shape index (κ1) is 25.0. The molecule has 0 aromatic heterocycles. The van der Waals surface area contributed by atoms with Gasteiger partial charge in [-0.2, -0.15) is 0 Å². The van der Waals surface area contributed by atoms with Gasteiger partial charge in [0.15, 0.2) is 0 Å². The number of likely N-dealkylation sites (tertiary alicyclic amines) is 1. The second-order valence-corrected chi connectivity index (χ2v) is 10.5. The van der Waals surface area contributed by atoms with Gasteiger partial charge in [0.1, 0.15) is 6.04 Å². The van der Waals surface area contributed by atoms with E-state index in [4.69, 9.17) is 11.6 Å². The van der Waals surface area contributed by atoms with Gasteiger partial charge in [-0.05, 0) is 30.0 Å². The Morgan fingerprint density at radius 2 is 1.78 bits per heavy atom. The summed E-state index contributed by atoms with van der Waals surface area (Å²) < 4.78 is 0. The Hall–Kier alpha value is -1.67. The molecular weight excluding hydrogens is 428 g/mol. The number of piperidine rings is 1. The van der Waals surface area contributed by atoms with Gasteiger partial charge >= 0.3 is 0 Å². The zero-order valence-corrected chi connectivity index (χ0v) is 20.4. The van der Waals surface area contributed by atoms with Gasteiger partial charge in [-0.15, -0.1) is 0 Å². The summed E-state index contributed by atoms with van der Waals surface area (Å²) in [5.74, 6) is -0.234. The minimum atomic E-state index is -1.06. The molecule has 8 heteroatoms. The molecule has 32 heavy (non-hydrogen) atoms. The predicted molar refractivity (Wildman–Crippen MR) is 126 cm³/mol. The van der Waals surface area contributed by atoms with Crippen LogP contribution in [0.2, 0.25) is 5.02 Å². The van der Waals surface area contributed by atoms with Crippen molar-refractivity contribution >= 4 is 23.4 Å². The number of amides is 2. The largest absolute Gasteiger partial charge is 0.384 e. The molecule has 0 aliphatic carbocycles. The van der Waals surface area contributed by atoms with E-state index in [0.717, 1.165) is 31.7 Å². The molecule has 7 nitrogen and oxygen atoms in total. The van der Waals surface area contributed by atoms with Crippen molar-refractivity contribution in [1.29, 1.82) is 0 Å². The van der Waals surface area contributed by atoms with Crippen LogP contribution in [0.1, 0.15) is 39.7 Å². The van der Waals surface area contributed by atoms with Crippen molar-refractivity contribution < 1.29 is 14.7 Å². The van der Waals surface area contributed by atoms with E-state index in [1.807, 2.05) is 39.8 Å². The third-order valence-corrected chi connectivity index (χ3v) is 7.16. The van der Waals surface area contributed by atoms with Crippen LogP contribution in [0.15, 0.2) is 24.3 Å². The Balaban J connectivity index is 1.67. The van der Waals surface area contributed by atoms with Crippen molar-refractivity contribution in [2.24, 2.45) is 11.3 Å². The first-order chi connectivity index (χ1) is 15.0. The van der Waals surface area contributed by atoms with Crippen LogP contribution in [0.5, 0.6) is 0 Å². The molecule has 3 rings (SSSR count). The van der Waals surface area contributed by atoms with Crippen LogP contribution in [0.25, 0.3) is 0 Å². The summed E-state index contributed by atoms with van der Waals surface area (Å²) in [5, 5.41) is 18.5. The maximum atomic E-state index is 13.4. The molecule has 1 aromatic rings. The van der Waals surface area contributed by atoms with E-state index < -0.39 is 17.1 Å².